The summed E-state index contributed by atoms with van der Waals surface area (Å²) in [5.41, 5.74) is 10.5. The second kappa shape index (κ2) is 20.8. The Morgan fingerprint density at radius 1 is 0.894 bits per heavy atom. The molecule has 6 aromatic rings. The molecule has 1 aliphatic heterocycles. The number of nitrogens with one attached hydrogen (secondary N) is 2. The number of hydrogen-bond donors (Lipinski definition) is 3. The molecule has 1 fully saturated rings. The molecule has 0 saturated carbocycles. The third-order valence-electron chi connectivity index (χ3n) is 11.3. The molecule has 20 heteroatoms. The first-order valence-electron chi connectivity index (χ1n) is 22.0. The molecule has 0 atom stereocenters. The number of nitrogens with zero attached hydrogens (tertiary/aromatic N) is 9. The van der Waals surface area contributed by atoms with Gasteiger partial charge in [0.15, 0.2) is 0 Å². The molecule has 1 aliphatic rings. The first kappa shape index (κ1) is 47.6. The Kier molecular flexibility index (Phi) is 15.0. The molecule has 1 saturated heterocycles. The number of aryl methyl sites for hydroxylation is 4. The highest BCUT2D eigenvalue weighted by molar-refractivity contribution is 7.98. The van der Waals surface area contributed by atoms with Gasteiger partial charge < -0.3 is 24.5 Å². The number of ether oxygens (including phenoxy) is 1. The van der Waals surface area contributed by atoms with Crippen molar-refractivity contribution in [2.75, 3.05) is 56.2 Å². The monoisotopic (exact) mass is 936 g/mol. The average molecular weight is 937 g/mol. The normalized spacial score (nSPS) is 13.4. The lowest BCUT2D eigenvalue weighted by Crippen LogP contribution is -2.50. The topological polar surface area (TPSA) is 217 Å². The van der Waals surface area contributed by atoms with E-state index in [1.807, 2.05) is 74.0 Å². The number of nitrogens with two attached hydrogens (primary N) is 1. The predicted molar refractivity (Wildman–Crippen MR) is 257 cm³/mol. The third kappa shape index (κ3) is 10.3. The Morgan fingerprint density at radius 2 is 1.56 bits per heavy atom. The summed E-state index contributed by atoms with van der Waals surface area (Å²) in [5, 5.41) is 11.2. The van der Waals surface area contributed by atoms with Gasteiger partial charge in [-0.15, -0.1) is 23.1 Å². The van der Waals surface area contributed by atoms with Crippen molar-refractivity contribution in [1.29, 1.82) is 0 Å². The molecule has 4 amide bonds. The third-order valence-corrected chi connectivity index (χ3v) is 13.1. The van der Waals surface area contributed by atoms with Gasteiger partial charge in [0.25, 0.3) is 11.8 Å². The number of imidazole rings is 2. The molecule has 7 rings (SSSR count). The van der Waals surface area contributed by atoms with Gasteiger partial charge in [-0.1, -0.05) is 32.9 Å². The summed E-state index contributed by atoms with van der Waals surface area (Å²) >= 11 is 2.76. The first-order chi connectivity index (χ1) is 31.7. The van der Waals surface area contributed by atoms with Gasteiger partial charge in [0.1, 0.15) is 28.1 Å². The predicted octanol–water partition coefficient (Wildman–Crippen LogP) is 6.20. The van der Waals surface area contributed by atoms with E-state index in [9.17, 15) is 24.0 Å². The zero-order valence-corrected chi connectivity index (χ0v) is 40.0. The molecule has 0 unspecified atom stereocenters. The number of anilines is 2. The summed E-state index contributed by atoms with van der Waals surface area (Å²) in [6.07, 6.45) is 7.75. The van der Waals surface area contributed by atoms with Crippen molar-refractivity contribution in [3.63, 3.8) is 0 Å². The quantitative estimate of drug-likeness (QED) is 0.0358. The van der Waals surface area contributed by atoms with Gasteiger partial charge >= 0.3 is 0 Å². The number of carbonyl (C=O) groups is 5. The Bertz CT molecular complexity index is 2830. The maximum Gasteiger partial charge on any atom is 0.276 e. The fourth-order valence-corrected chi connectivity index (χ4v) is 9.64. The minimum Gasteiger partial charge on any atom is -0.491 e. The summed E-state index contributed by atoms with van der Waals surface area (Å²) < 4.78 is 11.8. The van der Waals surface area contributed by atoms with E-state index >= 15 is 0 Å². The van der Waals surface area contributed by atoms with Crippen LogP contribution in [0.15, 0.2) is 47.4 Å². The molecule has 348 valence electrons. The lowest BCUT2D eigenvalue weighted by Gasteiger charge is -2.35. The smallest absolute Gasteiger partial charge is 0.276 e. The van der Waals surface area contributed by atoms with Gasteiger partial charge in [-0.25, -0.2) is 15.0 Å². The maximum absolute atomic E-state index is 13.9. The molecule has 4 aromatic heterocycles. The van der Waals surface area contributed by atoms with Gasteiger partial charge in [-0.2, -0.15) is 5.10 Å². The van der Waals surface area contributed by atoms with Crippen LogP contribution in [0.25, 0.3) is 22.1 Å². The highest BCUT2D eigenvalue weighted by atomic mass is 32.2. The number of aromatic nitrogens is 7. The van der Waals surface area contributed by atoms with E-state index < -0.39 is 5.91 Å². The molecule has 0 spiro atoms. The lowest BCUT2D eigenvalue weighted by molar-refractivity contribution is -0.136. The van der Waals surface area contributed by atoms with Crippen molar-refractivity contribution < 1.29 is 28.7 Å². The average Bonchev–Trinajstić information content (AvgIpc) is 4.07. The van der Waals surface area contributed by atoms with Crippen LogP contribution in [0.2, 0.25) is 0 Å². The number of fused-ring (bicyclic) bond motifs is 2. The number of carbonyl (C=O) groups excluding carboxylic acids is 5. The van der Waals surface area contributed by atoms with Crippen LogP contribution in [-0.2, 0) is 30.8 Å². The summed E-state index contributed by atoms with van der Waals surface area (Å²) in [6, 6.07) is 8.40. The van der Waals surface area contributed by atoms with Crippen LogP contribution in [0, 0.1) is 19.8 Å². The van der Waals surface area contributed by atoms with Crippen LogP contribution in [0.3, 0.4) is 0 Å². The number of allylic oxidation sites excluding steroid dienone is 2. The number of amides is 4. The fraction of sp³-hybridized carbons (Fsp3) is 0.413. The van der Waals surface area contributed by atoms with Gasteiger partial charge in [-0.05, 0) is 70.2 Å². The molecule has 0 aliphatic carbocycles. The van der Waals surface area contributed by atoms with Crippen molar-refractivity contribution >= 4 is 87.0 Å². The number of thioether (sulfide) groups is 1. The SMILES string of the molecule is CCc1nc(C)sc1C(=O)Nc1nc2cc(C(N)=O)cc(OCCCN3CCN(C(=O)C(C)C)CC3)c2n1C/C=C/Cn1c(NC(=O)c2cc(C)nn2CC)nc2cc(C=O)cc(SC)c21. The Labute approximate surface area is 391 Å². The Balaban J connectivity index is 1.20. The minimum atomic E-state index is -0.655. The van der Waals surface area contributed by atoms with Gasteiger partial charge in [0, 0.05) is 74.3 Å². The summed E-state index contributed by atoms with van der Waals surface area (Å²) in [7, 11) is 0. The molecule has 5 heterocycles. The largest absolute Gasteiger partial charge is 0.491 e. The number of thiazole rings is 1. The van der Waals surface area contributed by atoms with E-state index in [-0.39, 0.29) is 54.2 Å². The van der Waals surface area contributed by atoms with Crippen molar-refractivity contribution in [2.24, 2.45) is 11.7 Å². The number of hydrogen-bond acceptors (Lipinski definition) is 13. The molecular formula is C46H56N12O6S2. The number of benzene rings is 2. The van der Waals surface area contributed by atoms with Crippen LogP contribution in [0.4, 0.5) is 11.9 Å². The van der Waals surface area contributed by atoms with Crippen LogP contribution in [0.5, 0.6) is 5.75 Å². The highest BCUT2D eigenvalue weighted by Crippen LogP contribution is 2.33. The maximum atomic E-state index is 13.9. The minimum absolute atomic E-state index is 0.0371. The summed E-state index contributed by atoms with van der Waals surface area (Å²) in [5.74, 6) is -0.384. The second-order valence-electron chi connectivity index (χ2n) is 16.3. The Morgan fingerprint density at radius 3 is 2.18 bits per heavy atom. The zero-order valence-electron chi connectivity index (χ0n) is 38.3. The molecule has 2 aromatic carbocycles. The molecule has 66 heavy (non-hydrogen) atoms. The number of piperazine rings is 1. The van der Waals surface area contributed by atoms with Crippen LogP contribution >= 0.6 is 23.1 Å². The van der Waals surface area contributed by atoms with Crippen LogP contribution in [-0.4, -0.2) is 119 Å². The number of primary amides is 1. The van der Waals surface area contributed by atoms with Crippen molar-refractivity contribution in [3.8, 4) is 5.75 Å². The van der Waals surface area contributed by atoms with E-state index in [2.05, 4.69) is 25.6 Å². The van der Waals surface area contributed by atoms with Crippen LogP contribution in [0.1, 0.15) is 91.4 Å². The Hall–Kier alpha value is -6.38. The molecule has 18 nitrogen and oxygen atoms in total. The van der Waals surface area contributed by atoms with E-state index in [1.54, 1.807) is 35.0 Å². The standard InChI is InChI=1S/C46H56N12O6S2/c1-8-32-40(66-29(6)48-32)43(62)52-46-50-34-24-31(41(47)60)25-36(64-20-12-13-54-16-18-55(19-17-54)44(63)27(3)4)38(34)56(46)14-10-11-15-57-39-33(22-30(26-59)23-37(39)65-7)49-45(57)51-42(61)35-21-28(5)53-58(35)9-2/h10-11,21-27H,8-9,12-20H2,1-7H3,(H2,47,60)(H,49,51,61)(H,50,52,62)/b11-10+. The van der Waals surface area contributed by atoms with E-state index in [0.717, 1.165) is 41.3 Å². The highest BCUT2D eigenvalue weighted by Gasteiger charge is 2.25. The zero-order chi connectivity index (χ0) is 47.2. The summed E-state index contributed by atoms with van der Waals surface area (Å²) in [6.45, 7) is 16.3. The van der Waals surface area contributed by atoms with Crippen molar-refractivity contribution in [1.82, 2.24) is 43.7 Å². The molecule has 4 N–H and O–H groups in total. The van der Waals surface area contributed by atoms with E-state index in [4.69, 9.17) is 20.4 Å². The number of aldehydes is 1. The summed E-state index contributed by atoms with van der Waals surface area (Å²) in [4.78, 5) is 84.4. The van der Waals surface area contributed by atoms with Crippen LogP contribution < -0.4 is 21.1 Å². The lowest BCUT2D eigenvalue weighted by atomic mass is 10.1. The second-order valence-corrected chi connectivity index (χ2v) is 18.3. The molecule has 0 radical (unpaired) electrons. The van der Waals surface area contributed by atoms with Gasteiger partial charge in [-0.3, -0.25) is 44.2 Å². The molecule has 0 bridgehead atoms. The first-order valence-corrected chi connectivity index (χ1v) is 24.1. The van der Waals surface area contributed by atoms with Gasteiger partial charge in [0.05, 0.1) is 39.6 Å². The van der Waals surface area contributed by atoms with E-state index in [1.165, 1.54) is 23.1 Å². The number of rotatable bonds is 19. The molecular weight excluding hydrogens is 881 g/mol. The van der Waals surface area contributed by atoms with E-state index in [0.29, 0.717) is 88.9 Å². The fourth-order valence-electron chi connectivity index (χ4n) is 8.07. The van der Waals surface area contributed by atoms with Crippen molar-refractivity contribution in [3.05, 3.63) is 80.6 Å². The van der Waals surface area contributed by atoms with Gasteiger partial charge in [0.2, 0.25) is 23.7 Å². The van der Waals surface area contributed by atoms with Crippen molar-refractivity contribution in [2.45, 2.75) is 78.9 Å².